The van der Waals surface area contributed by atoms with E-state index in [1.54, 1.807) is 4.90 Å². The maximum Gasteiger partial charge on any atom is 0.244 e. The number of para-hydroxylation sites is 4. The largest absolute Gasteiger partial charge is 0.354 e. The van der Waals surface area contributed by atoms with Crippen molar-refractivity contribution in [2.45, 2.75) is 4.90 Å². The van der Waals surface area contributed by atoms with Crippen LogP contribution in [0.1, 0.15) is 0 Å². The summed E-state index contributed by atoms with van der Waals surface area (Å²) in [6, 6.07) is 24.9. The number of rotatable bonds is 5. The highest BCUT2D eigenvalue weighted by Crippen LogP contribution is 2.34. The number of nitrogens with zero attached hydrogens (tertiary/aromatic N) is 1. The van der Waals surface area contributed by atoms with Crippen LogP contribution in [-0.4, -0.2) is 24.1 Å². The minimum absolute atomic E-state index is 0.0178. The molecule has 5 nitrogen and oxygen atoms in total. The molecule has 1 aliphatic heterocycles. The second-order valence-corrected chi connectivity index (χ2v) is 7.34. The molecule has 0 aromatic heterocycles. The first-order valence-corrected chi connectivity index (χ1v) is 9.92. The van der Waals surface area contributed by atoms with Gasteiger partial charge in [0.05, 0.1) is 22.8 Å². The van der Waals surface area contributed by atoms with Crippen LogP contribution in [0.2, 0.25) is 0 Å². The summed E-state index contributed by atoms with van der Waals surface area (Å²) in [6.45, 7) is -0.0178. The van der Waals surface area contributed by atoms with Crippen LogP contribution in [0.15, 0.2) is 83.8 Å². The molecule has 0 saturated heterocycles. The number of amides is 2. The molecule has 1 heterocycles. The van der Waals surface area contributed by atoms with Crippen molar-refractivity contribution in [2.75, 3.05) is 27.8 Å². The molecule has 3 aromatic carbocycles. The fourth-order valence-corrected chi connectivity index (χ4v) is 3.97. The van der Waals surface area contributed by atoms with Crippen LogP contribution >= 0.6 is 11.8 Å². The molecule has 2 amide bonds. The van der Waals surface area contributed by atoms with Gasteiger partial charge in [-0.05, 0) is 36.4 Å². The summed E-state index contributed by atoms with van der Waals surface area (Å²) in [7, 11) is 0. The van der Waals surface area contributed by atoms with Crippen LogP contribution in [0, 0.1) is 0 Å². The van der Waals surface area contributed by atoms with Crippen LogP contribution < -0.4 is 15.5 Å². The van der Waals surface area contributed by atoms with Gasteiger partial charge in [0, 0.05) is 10.6 Å². The molecule has 0 bridgehead atoms. The molecule has 0 unspecified atom stereocenters. The molecule has 140 valence electrons. The number of hydrogen-bond acceptors (Lipinski definition) is 4. The normalized spacial score (nSPS) is 13.0. The Morgan fingerprint density at radius 2 is 1.57 bits per heavy atom. The summed E-state index contributed by atoms with van der Waals surface area (Å²) in [5.41, 5.74) is 3.18. The Balaban J connectivity index is 1.50. The van der Waals surface area contributed by atoms with E-state index < -0.39 is 0 Å². The van der Waals surface area contributed by atoms with Crippen molar-refractivity contribution in [3.05, 3.63) is 78.9 Å². The van der Waals surface area contributed by atoms with E-state index in [9.17, 15) is 9.59 Å². The van der Waals surface area contributed by atoms with Crippen molar-refractivity contribution < 1.29 is 9.59 Å². The number of benzene rings is 3. The first kappa shape index (κ1) is 18.1. The minimum Gasteiger partial charge on any atom is -0.354 e. The molecule has 0 saturated carbocycles. The molecule has 6 heteroatoms. The summed E-state index contributed by atoms with van der Waals surface area (Å²) in [4.78, 5) is 27.6. The average molecular weight is 389 g/mol. The Kier molecular flexibility index (Phi) is 5.30. The van der Waals surface area contributed by atoms with Gasteiger partial charge in [-0.2, -0.15) is 0 Å². The molecule has 0 radical (unpaired) electrons. The third kappa shape index (κ3) is 4.02. The van der Waals surface area contributed by atoms with E-state index >= 15 is 0 Å². The Bertz CT molecular complexity index is 1010. The second kappa shape index (κ2) is 8.19. The van der Waals surface area contributed by atoms with Gasteiger partial charge >= 0.3 is 0 Å². The Morgan fingerprint density at radius 3 is 2.39 bits per heavy atom. The smallest absolute Gasteiger partial charge is 0.244 e. The lowest BCUT2D eigenvalue weighted by Gasteiger charge is -2.28. The quantitative estimate of drug-likeness (QED) is 0.674. The van der Waals surface area contributed by atoms with E-state index in [0.29, 0.717) is 11.4 Å². The van der Waals surface area contributed by atoms with Gasteiger partial charge < -0.3 is 15.5 Å². The Labute approximate surface area is 167 Å². The number of anilines is 4. The van der Waals surface area contributed by atoms with Crippen LogP contribution in [-0.2, 0) is 9.59 Å². The van der Waals surface area contributed by atoms with Crippen molar-refractivity contribution in [3.63, 3.8) is 0 Å². The van der Waals surface area contributed by atoms with E-state index in [4.69, 9.17) is 0 Å². The van der Waals surface area contributed by atoms with E-state index in [-0.39, 0.29) is 18.4 Å². The number of hydrogen-bond donors (Lipinski definition) is 2. The molecule has 4 rings (SSSR count). The summed E-state index contributed by atoms with van der Waals surface area (Å²) >= 11 is 1.50. The molecule has 0 atom stereocenters. The number of fused-ring (bicyclic) bond motifs is 1. The molecular formula is C22H19N3O2S. The second-order valence-electron chi connectivity index (χ2n) is 6.32. The highest BCUT2D eigenvalue weighted by Gasteiger charge is 2.26. The zero-order valence-corrected chi connectivity index (χ0v) is 15.9. The molecule has 2 N–H and O–H groups in total. The topological polar surface area (TPSA) is 61.4 Å². The van der Waals surface area contributed by atoms with E-state index in [1.807, 2.05) is 78.9 Å². The van der Waals surface area contributed by atoms with Crippen molar-refractivity contribution >= 4 is 46.3 Å². The van der Waals surface area contributed by atoms with Crippen molar-refractivity contribution in [3.8, 4) is 0 Å². The van der Waals surface area contributed by atoms with Crippen molar-refractivity contribution in [1.29, 1.82) is 0 Å². The summed E-state index contributed by atoms with van der Waals surface area (Å²) in [5.74, 6) is 0.0445. The molecule has 1 aliphatic rings. The van der Waals surface area contributed by atoms with Gasteiger partial charge in [0.15, 0.2) is 0 Å². The Morgan fingerprint density at radius 1 is 0.893 bits per heavy atom. The number of carbonyl (C=O) groups excluding carboxylic acids is 2. The third-order valence-electron chi connectivity index (χ3n) is 4.36. The van der Waals surface area contributed by atoms with Gasteiger partial charge in [-0.15, -0.1) is 11.8 Å². The molecule has 0 fully saturated rings. The number of carbonyl (C=O) groups is 2. The molecule has 3 aromatic rings. The van der Waals surface area contributed by atoms with Crippen LogP contribution in [0.3, 0.4) is 0 Å². The van der Waals surface area contributed by atoms with Crippen molar-refractivity contribution in [1.82, 2.24) is 0 Å². The van der Waals surface area contributed by atoms with Crippen LogP contribution in [0.5, 0.6) is 0 Å². The molecular weight excluding hydrogens is 370 g/mol. The van der Waals surface area contributed by atoms with Gasteiger partial charge in [0.2, 0.25) is 11.8 Å². The first-order chi connectivity index (χ1) is 13.7. The first-order valence-electron chi connectivity index (χ1n) is 8.94. The van der Waals surface area contributed by atoms with Gasteiger partial charge in [-0.3, -0.25) is 9.59 Å². The summed E-state index contributed by atoms with van der Waals surface area (Å²) < 4.78 is 0. The fraction of sp³-hybridized carbons (Fsp3) is 0.0909. The maximum absolute atomic E-state index is 12.7. The third-order valence-corrected chi connectivity index (χ3v) is 5.41. The predicted octanol–water partition coefficient (Wildman–Crippen LogP) is 4.51. The SMILES string of the molecule is O=C(CN1C(=O)CSc2ccccc21)Nc1ccccc1Nc1ccccc1. The minimum atomic E-state index is -0.239. The lowest BCUT2D eigenvalue weighted by atomic mass is 10.2. The summed E-state index contributed by atoms with van der Waals surface area (Å²) in [6.07, 6.45) is 0. The van der Waals surface area contributed by atoms with Crippen LogP contribution in [0.25, 0.3) is 0 Å². The van der Waals surface area contributed by atoms with Gasteiger partial charge in [-0.25, -0.2) is 0 Å². The standard InChI is InChI=1S/C22H19N3O2S/c26-21(14-25-19-12-6-7-13-20(19)28-15-22(25)27)24-18-11-5-4-10-17(18)23-16-8-2-1-3-9-16/h1-13,23H,14-15H2,(H,24,26). The fourth-order valence-electron chi connectivity index (χ4n) is 3.04. The highest BCUT2D eigenvalue weighted by molar-refractivity contribution is 8.00. The molecule has 28 heavy (non-hydrogen) atoms. The van der Waals surface area contributed by atoms with Gasteiger partial charge in [-0.1, -0.05) is 42.5 Å². The lowest BCUT2D eigenvalue weighted by Crippen LogP contribution is -2.41. The number of nitrogens with one attached hydrogen (secondary N) is 2. The van der Waals surface area contributed by atoms with Crippen molar-refractivity contribution in [2.24, 2.45) is 0 Å². The van der Waals surface area contributed by atoms with E-state index in [0.717, 1.165) is 22.0 Å². The average Bonchev–Trinajstić information content (AvgIpc) is 2.72. The zero-order chi connectivity index (χ0) is 19.3. The Hall–Kier alpha value is -3.25. The van der Waals surface area contributed by atoms with Crippen LogP contribution in [0.4, 0.5) is 22.7 Å². The lowest BCUT2D eigenvalue weighted by molar-refractivity contribution is -0.120. The monoisotopic (exact) mass is 389 g/mol. The number of thioether (sulfide) groups is 1. The van der Waals surface area contributed by atoms with E-state index in [2.05, 4.69) is 10.6 Å². The predicted molar refractivity (Wildman–Crippen MR) is 114 cm³/mol. The van der Waals surface area contributed by atoms with Gasteiger partial charge in [0.1, 0.15) is 6.54 Å². The molecule has 0 spiro atoms. The summed E-state index contributed by atoms with van der Waals surface area (Å²) in [5, 5.41) is 6.23. The zero-order valence-electron chi connectivity index (χ0n) is 15.1. The van der Waals surface area contributed by atoms with E-state index in [1.165, 1.54) is 11.8 Å². The highest BCUT2D eigenvalue weighted by atomic mass is 32.2. The van der Waals surface area contributed by atoms with Gasteiger partial charge in [0.25, 0.3) is 0 Å². The maximum atomic E-state index is 12.7. The molecule has 0 aliphatic carbocycles.